The van der Waals surface area contributed by atoms with Crippen LogP contribution in [-0.4, -0.2) is 11.0 Å². The third-order valence-electron chi connectivity index (χ3n) is 3.07. The van der Waals surface area contributed by atoms with Gasteiger partial charge in [0.2, 0.25) is 0 Å². The smallest absolute Gasteiger partial charge is 0.258 e. The zero-order chi connectivity index (χ0) is 15.4. The number of aryl methyl sites for hydroxylation is 2. The number of thiocarbonyl (C=S) groups is 1. The van der Waals surface area contributed by atoms with Crippen LogP contribution in [0, 0.1) is 17.4 Å². The first-order valence-electron chi connectivity index (χ1n) is 6.42. The van der Waals surface area contributed by atoms with E-state index in [4.69, 9.17) is 12.2 Å². The van der Waals surface area contributed by atoms with E-state index in [-0.39, 0.29) is 5.91 Å². The zero-order valence-corrected chi connectivity index (χ0v) is 14.7. The Morgan fingerprint density at radius 1 is 1.05 bits per heavy atom. The Morgan fingerprint density at radius 2 is 1.67 bits per heavy atom. The lowest BCUT2D eigenvalue weighted by atomic mass is 10.1. The third-order valence-corrected chi connectivity index (χ3v) is 4.21. The summed E-state index contributed by atoms with van der Waals surface area (Å²) in [4.78, 5) is 12.2. The zero-order valence-electron chi connectivity index (χ0n) is 11.7. The first-order chi connectivity index (χ1) is 9.99. The summed E-state index contributed by atoms with van der Waals surface area (Å²) in [6, 6.07) is 13.4. The van der Waals surface area contributed by atoms with E-state index in [0.717, 1.165) is 20.4 Å². The van der Waals surface area contributed by atoms with Gasteiger partial charge in [0.15, 0.2) is 5.11 Å². The predicted octanol–water partition coefficient (Wildman–Crippen LogP) is 4.03. The maximum absolute atomic E-state index is 12.2. The second kappa shape index (κ2) is 7.00. The lowest BCUT2D eigenvalue weighted by molar-refractivity contribution is 0.0977. The van der Waals surface area contributed by atoms with E-state index >= 15 is 0 Å². The molecule has 0 aromatic heterocycles. The van der Waals surface area contributed by atoms with E-state index in [0.29, 0.717) is 10.7 Å². The Kier molecular flexibility index (Phi) is 5.30. The molecule has 5 heteroatoms. The minimum absolute atomic E-state index is 0.205. The summed E-state index contributed by atoms with van der Waals surface area (Å²) in [5.74, 6) is -0.205. The second-order valence-corrected chi connectivity index (χ2v) is 6.23. The fourth-order valence-electron chi connectivity index (χ4n) is 1.97. The van der Waals surface area contributed by atoms with Gasteiger partial charge in [-0.25, -0.2) is 0 Å². The number of halogens is 1. The average molecular weight is 410 g/mol. The van der Waals surface area contributed by atoms with Crippen molar-refractivity contribution in [3.8, 4) is 0 Å². The lowest BCUT2D eigenvalue weighted by Gasteiger charge is -2.14. The molecule has 0 atom stereocenters. The molecule has 2 N–H and O–H groups in total. The molecule has 0 saturated carbocycles. The molecule has 0 aliphatic heterocycles. The van der Waals surface area contributed by atoms with Crippen molar-refractivity contribution < 1.29 is 4.79 Å². The summed E-state index contributed by atoms with van der Waals surface area (Å²) >= 11 is 7.36. The molecule has 0 heterocycles. The number of hydrogen-bond donors (Lipinski definition) is 2. The topological polar surface area (TPSA) is 41.1 Å². The molecule has 0 aliphatic rings. The van der Waals surface area contributed by atoms with Crippen LogP contribution in [0.3, 0.4) is 0 Å². The molecule has 2 aromatic carbocycles. The van der Waals surface area contributed by atoms with Crippen molar-refractivity contribution >= 4 is 51.5 Å². The molecular formula is C16H15IN2OS. The average Bonchev–Trinajstić information content (AvgIpc) is 2.43. The molecule has 21 heavy (non-hydrogen) atoms. The van der Waals surface area contributed by atoms with Crippen molar-refractivity contribution in [3.05, 3.63) is 62.7 Å². The number of amides is 1. The number of carbonyl (C=O) groups excluding carboxylic acids is 1. The molecule has 0 aliphatic carbocycles. The number of anilines is 1. The highest BCUT2D eigenvalue weighted by Crippen LogP contribution is 2.19. The maximum atomic E-state index is 12.2. The number of rotatable bonds is 2. The molecule has 0 bridgehead atoms. The predicted molar refractivity (Wildman–Crippen MR) is 98.8 cm³/mol. The quantitative estimate of drug-likeness (QED) is 0.580. The highest BCUT2D eigenvalue weighted by Gasteiger charge is 2.11. The van der Waals surface area contributed by atoms with Gasteiger partial charge >= 0.3 is 0 Å². The molecule has 2 rings (SSSR count). The van der Waals surface area contributed by atoms with Crippen LogP contribution in [0.2, 0.25) is 0 Å². The van der Waals surface area contributed by atoms with Crippen molar-refractivity contribution in [1.29, 1.82) is 0 Å². The summed E-state index contributed by atoms with van der Waals surface area (Å²) in [5.41, 5.74) is 3.72. The van der Waals surface area contributed by atoms with Crippen LogP contribution in [0.4, 0.5) is 5.69 Å². The Bertz CT molecular complexity index is 680. The third kappa shape index (κ3) is 4.01. The molecule has 0 fully saturated rings. The molecule has 108 valence electrons. The van der Waals surface area contributed by atoms with Gasteiger partial charge < -0.3 is 5.32 Å². The van der Waals surface area contributed by atoms with Crippen LogP contribution in [0.25, 0.3) is 0 Å². The van der Waals surface area contributed by atoms with Crippen LogP contribution < -0.4 is 10.6 Å². The summed E-state index contributed by atoms with van der Waals surface area (Å²) < 4.78 is 0.891. The van der Waals surface area contributed by atoms with E-state index in [1.54, 1.807) is 6.07 Å². The fourth-order valence-corrected chi connectivity index (χ4v) is 2.80. The number of hydrogen-bond acceptors (Lipinski definition) is 2. The van der Waals surface area contributed by atoms with Gasteiger partial charge in [0.05, 0.1) is 5.56 Å². The molecule has 0 spiro atoms. The van der Waals surface area contributed by atoms with Crippen LogP contribution in [0.15, 0.2) is 42.5 Å². The summed E-state index contributed by atoms with van der Waals surface area (Å²) in [6.45, 7) is 4.00. The van der Waals surface area contributed by atoms with E-state index < -0.39 is 0 Å². The number of para-hydroxylation sites is 1. The Hall–Kier alpha value is -1.47. The van der Waals surface area contributed by atoms with Crippen molar-refractivity contribution in [2.75, 3.05) is 5.32 Å². The maximum Gasteiger partial charge on any atom is 0.258 e. The van der Waals surface area contributed by atoms with Gasteiger partial charge in [-0.2, -0.15) is 0 Å². The number of carbonyl (C=O) groups is 1. The number of nitrogens with one attached hydrogen (secondary N) is 2. The van der Waals surface area contributed by atoms with Crippen molar-refractivity contribution in [3.63, 3.8) is 0 Å². The van der Waals surface area contributed by atoms with Gasteiger partial charge in [0.1, 0.15) is 0 Å². The highest BCUT2D eigenvalue weighted by atomic mass is 127. The summed E-state index contributed by atoms with van der Waals surface area (Å²) in [5, 5.41) is 6.12. The first kappa shape index (κ1) is 15.9. The van der Waals surface area contributed by atoms with E-state index in [9.17, 15) is 4.79 Å². The molecule has 1 amide bonds. The standard InChI is InChI=1S/C16H15IN2OS/c1-10-6-5-7-11(2)14(10)18-16(21)19-15(20)12-8-3-4-9-13(12)17/h3-9H,1-2H3,(H2,18,19,20,21). The molecule has 2 aromatic rings. The Balaban J connectivity index is 2.09. The van der Waals surface area contributed by atoms with Gasteiger partial charge in [-0.3, -0.25) is 10.1 Å². The molecule has 0 saturated heterocycles. The summed E-state index contributed by atoms with van der Waals surface area (Å²) in [7, 11) is 0. The Morgan fingerprint density at radius 3 is 2.29 bits per heavy atom. The lowest BCUT2D eigenvalue weighted by Crippen LogP contribution is -2.34. The minimum Gasteiger partial charge on any atom is -0.332 e. The van der Waals surface area contributed by atoms with E-state index in [1.807, 2.05) is 50.2 Å². The van der Waals surface area contributed by atoms with Crippen molar-refractivity contribution in [2.24, 2.45) is 0 Å². The van der Waals surface area contributed by atoms with E-state index in [1.165, 1.54) is 0 Å². The largest absolute Gasteiger partial charge is 0.332 e. The highest BCUT2D eigenvalue weighted by molar-refractivity contribution is 14.1. The normalized spacial score (nSPS) is 10.0. The molecule has 3 nitrogen and oxygen atoms in total. The monoisotopic (exact) mass is 410 g/mol. The second-order valence-electron chi connectivity index (χ2n) is 4.65. The first-order valence-corrected chi connectivity index (χ1v) is 7.91. The Labute approximate surface area is 143 Å². The molecular weight excluding hydrogens is 395 g/mol. The van der Waals surface area contributed by atoms with Crippen LogP contribution in [-0.2, 0) is 0 Å². The SMILES string of the molecule is Cc1cccc(C)c1NC(=S)NC(=O)c1ccccc1I. The van der Waals surface area contributed by atoms with Crippen molar-refractivity contribution in [1.82, 2.24) is 5.32 Å². The van der Waals surface area contributed by atoms with Crippen LogP contribution >= 0.6 is 34.8 Å². The molecule has 0 radical (unpaired) electrons. The van der Waals surface area contributed by atoms with Gasteiger partial charge in [-0.1, -0.05) is 30.3 Å². The van der Waals surface area contributed by atoms with Gasteiger partial charge in [-0.05, 0) is 71.9 Å². The molecule has 0 unspecified atom stereocenters. The van der Waals surface area contributed by atoms with Crippen LogP contribution in [0.5, 0.6) is 0 Å². The van der Waals surface area contributed by atoms with E-state index in [2.05, 4.69) is 33.2 Å². The fraction of sp³-hybridized carbons (Fsp3) is 0.125. The van der Waals surface area contributed by atoms with Gasteiger partial charge in [-0.15, -0.1) is 0 Å². The van der Waals surface area contributed by atoms with Crippen LogP contribution in [0.1, 0.15) is 21.5 Å². The van der Waals surface area contributed by atoms with Gasteiger partial charge in [0.25, 0.3) is 5.91 Å². The minimum atomic E-state index is -0.205. The van der Waals surface area contributed by atoms with Crippen molar-refractivity contribution in [2.45, 2.75) is 13.8 Å². The summed E-state index contributed by atoms with van der Waals surface area (Å²) in [6.07, 6.45) is 0. The number of benzene rings is 2. The van der Waals surface area contributed by atoms with Gasteiger partial charge in [0, 0.05) is 9.26 Å².